The van der Waals surface area contributed by atoms with Crippen LogP contribution in [-0.2, 0) is 6.54 Å². The molecule has 3 aromatic carbocycles. The maximum atomic E-state index is 2.35. The molecule has 0 aromatic heterocycles. The summed E-state index contributed by atoms with van der Waals surface area (Å²) in [5.74, 6) is 0. The van der Waals surface area contributed by atoms with Gasteiger partial charge in [-0.25, -0.2) is 0 Å². The van der Waals surface area contributed by atoms with E-state index in [1.54, 1.807) is 0 Å². The van der Waals surface area contributed by atoms with Gasteiger partial charge < -0.3 is 4.90 Å². The van der Waals surface area contributed by atoms with Gasteiger partial charge >= 0.3 is 0 Å². The molecule has 0 N–H and O–H groups in total. The molecule has 1 nitrogen and oxygen atoms in total. The standard InChI is InChI=1S/C24H25N/c1-19-11-10-16-22(18-25(2)3)23(19)17-24(20-12-6-4-7-13-20)21-14-8-5-9-15-21/h4-17H,18H2,1-3H3. The Balaban J connectivity index is 2.18. The summed E-state index contributed by atoms with van der Waals surface area (Å²) in [5.41, 5.74) is 7.73. The van der Waals surface area contributed by atoms with Crippen LogP contribution in [0.5, 0.6) is 0 Å². The first-order chi connectivity index (χ1) is 12.1. The summed E-state index contributed by atoms with van der Waals surface area (Å²) in [4.78, 5) is 2.22. The van der Waals surface area contributed by atoms with E-state index in [9.17, 15) is 0 Å². The van der Waals surface area contributed by atoms with Crippen molar-refractivity contribution in [3.8, 4) is 0 Å². The van der Waals surface area contributed by atoms with Crippen LogP contribution >= 0.6 is 0 Å². The molecule has 0 unspecified atom stereocenters. The summed E-state index contributed by atoms with van der Waals surface area (Å²) >= 11 is 0. The van der Waals surface area contributed by atoms with E-state index in [1.807, 2.05) is 0 Å². The molecule has 0 atom stereocenters. The molecule has 0 aliphatic carbocycles. The lowest BCUT2D eigenvalue weighted by atomic mass is 9.92. The molecule has 0 saturated heterocycles. The van der Waals surface area contributed by atoms with E-state index >= 15 is 0 Å². The third-order valence-corrected chi connectivity index (χ3v) is 4.36. The van der Waals surface area contributed by atoms with Crippen LogP contribution in [0.4, 0.5) is 0 Å². The van der Waals surface area contributed by atoms with Gasteiger partial charge in [0.05, 0.1) is 0 Å². The average Bonchev–Trinajstić information content (AvgIpc) is 2.62. The molecule has 0 saturated carbocycles. The van der Waals surface area contributed by atoms with E-state index in [4.69, 9.17) is 0 Å². The highest BCUT2D eigenvalue weighted by molar-refractivity contribution is 5.92. The molecule has 0 fully saturated rings. The van der Waals surface area contributed by atoms with Crippen LogP contribution in [-0.4, -0.2) is 19.0 Å². The van der Waals surface area contributed by atoms with E-state index in [1.165, 1.54) is 33.4 Å². The van der Waals surface area contributed by atoms with E-state index in [2.05, 4.69) is 111 Å². The topological polar surface area (TPSA) is 3.24 Å². The Morgan fingerprint density at radius 3 is 1.84 bits per heavy atom. The third kappa shape index (κ3) is 4.26. The van der Waals surface area contributed by atoms with Crippen LogP contribution in [0.3, 0.4) is 0 Å². The Kier molecular flexibility index (Phi) is 5.47. The second-order valence-corrected chi connectivity index (χ2v) is 6.68. The minimum absolute atomic E-state index is 0.935. The quantitative estimate of drug-likeness (QED) is 0.548. The fourth-order valence-electron chi connectivity index (χ4n) is 3.14. The number of nitrogens with zero attached hydrogens (tertiary/aromatic N) is 1. The van der Waals surface area contributed by atoms with Gasteiger partial charge in [0.15, 0.2) is 0 Å². The molecule has 0 aliphatic heterocycles. The number of hydrogen-bond donors (Lipinski definition) is 0. The van der Waals surface area contributed by atoms with Crippen LogP contribution in [0, 0.1) is 6.92 Å². The maximum absolute atomic E-state index is 2.35. The van der Waals surface area contributed by atoms with Gasteiger partial charge in [0.1, 0.15) is 0 Å². The van der Waals surface area contributed by atoms with E-state index in [0.29, 0.717) is 0 Å². The lowest BCUT2D eigenvalue weighted by Gasteiger charge is -2.16. The highest BCUT2D eigenvalue weighted by Crippen LogP contribution is 2.28. The van der Waals surface area contributed by atoms with Crippen LogP contribution in [0.25, 0.3) is 11.6 Å². The molecule has 0 bridgehead atoms. The fourth-order valence-corrected chi connectivity index (χ4v) is 3.14. The van der Waals surface area contributed by atoms with E-state index in [-0.39, 0.29) is 0 Å². The van der Waals surface area contributed by atoms with Gasteiger partial charge in [-0.2, -0.15) is 0 Å². The predicted molar refractivity (Wildman–Crippen MR) is 108 cm³/mol. The molecule has 0 aliphatic rings. The summed E-state index contributed by atoms with van der Waals surface area (Å²) < 4.78 is 0. The Hall–Kier alpha value is -2.64. The summed E-state index contributed by atoms with van der Waals surface area (Å²) in [6, 6.07) is 27.8. The van der Waals surface area contributed by atoms with Gasteiger partial charge in [0.2, 0.25) is 0 Å². The van der Waals surface area contributed by atoms with E-state index < -0.39 is 0 Å². The van der Waals surface area contributed by atoms with Crippen molar-refractivity contribution >= 4 is 11.6 Å². The van der Waals surface area contributed by atoms with Crippen molar-refractivity contribution in [2.24, 2.45) is 0 Å². The van der Waals surface area contributed by atoms with Gasteiger partial charge in [-0.3, -0.25) is 0 Å². The van der Waals surface area contributed by atoms with Crippen molar-refractivity contribution in [2.45, 2.75) is 13.5 Å². The molecule has 0 amide bonds. The van der Waals surface area contributed by atoms with Crippen LogP contribution < -0.4 is 0 Å². The maximum Gasteiger partial charge on any atom is 0.0233 e. The number of rotatable bonds is 5. The molecule has 0 spiro atoms. The largest absolute Gasteiger partial charge is 0.305 e. The summed E-state index contributed by atoms with van der Waals surface area (Å²) in [5, 5.41) is 0. The Morgan fingerprint density at radius 1 is 0.760 bits per heavy atom. The number of benzene rings is 3. The molecular weight excluding hydrogens is 302 g/mol. The molecular formula is C24H25N. The molecule has 126 valence electrons. The second kappa shape index (κ2) is 7.96. The molecule has 25 heavy (non-hydrogen) atoms. The van der Waals surface area contributed by atoms with Gasteiger partial charge in [-0.1, -0.05) is 78.9 Å². The van der Waals surface area contributed by atoms with Crippen LogP contribution in [0.2, 0.25) is 0 Å². The summed E-state index contributed by atoms with van der Waals surface area (Å²) in [7, 11) is 4.23. The SMILES string of the molecule is Cc1cccc(CN(C)C)c1C=C(c1ccccc1)c1ccccc1. The van der Waals surface area contributed by atoms with Gasteiger partial charge in [0.25, 0.3) is 0 Å². The first-order valence-electron chi connectivity index (χ1n) is 8.71. The Morgan fingerprint density at radius 2 is 1.32 bits per heavy atom. The zero-order chi connectivity index (χ0) is 17.6. The van der Waals surface area contributed by atoms with Gasteiger partial charge in [0, 0.05) is 6.54 Å². The minimum Gasteiger partial charge on any atom is -0.305 e. The second-order valence-electron chi connectivity index (χ2n) is 6.68. The van der Waals surface area contributed by atoms with Crippen molar-refractivity contribution < 1.29 is 0 Å². The Bertz CT molecular complexity index is 804. The molecule has 0 radical (unpaired) electrons. The third-order valence-electron chi connectivity index (χ3n) is 4.36. The highest BCUT2D eigenvalue weighted by Gasteiger charge is 2.09. The number of aryl methyl sites for hydroxylation is 1. The van der Waals surface area contributed by atoms with Crippen molar-refractivity contribution in [1.82, 2.24) is 4.90 Å². The van der Waals surface area contributed by atoms with Crippen molar-refractivity contribution in [3.05, 3.63) is 107 Å². The van der Waals surface area contributed by atoms with Gasteiger partial charge in [-0.15, -0.1) is 0 Å². The number of hydrogen-bond acceptors (Lipinski definition) is 1. The smallest absolute Gasteiger partial charge is 0.0233 e. The zero-order valence-electron chi connectivity index (χ0n) is 15.2. The molecule has 0 heterocycles. The minimum atomic E-state index is 0.935. The van der Waals surface area contributed by atoms with Gasteiger partial charge in [-0.05, 0) is 60.5 Å². The highest BCUT2D eigenvalue weighted by atomic mass is 15.0. The van der Waals surface area contributed by atoms with Crippen molar-refractivity contribution in [1.29, 1.82) is 0 Å². The zero-order valence-corrected chi connectivity index (χ0v) is 15.2. The van der Waals surface area contributed by atoms with Crippen LogP contribution in [0.1, 0.15) is 27.8 Å². The predicted octanol–water partition coefficient (Wildman–Crippen LogP) is 5.65. The summed E-state index contributed by atoms with van der Waals surface area (Å²) in [6.45, 7) is 3.13. The molecule has 3 rings (SSSR count). The lowest BCUT2D eigenvalue weighted by Crippen LogP contribution is -2.12. The monoisotopic (exact) mass is 327 g/mol. The van der Waals surface area contributed by atoms with Crippen LogP contribution in [0.15, 0.2) is 78.9 Å². The average molecular weight is 327 g/mol. The first-order valence-corrected chi connectivity index (χ1v) is 8.71. The fraction of sp³-hybridized carbons (Fsp3) is 0.167. The normalized spacial score (nSPS) is 10.7. The van der Waals surface area contributed by atoms with Crippen molar-refractivity contribution in [3.63, 3.8) is 0 Å². The van der Waals surface area contributed by atoms with E-state index in [0.717, 1.165) is 6.54 Å². The lowest BCUT2D eigenvalue weighted by molar-refractivity contribution is 0.402. The first kappa shape index (κ1) is 17.2. The van der Waals surface area contributed by atoms with Crippen molar-refractivity contribution in [2.75, 3.05) is 14.1 Å². The summed E-state index contributed by atoms with van der Waals surface area (Å²) in [6.07, 6.45) is 2.35. The Labute approximate surface area is 151 Å². The molecule has 3 aromatic rings. The molecule has 1 heteroatoms.